The van der Waals surface area contributed by atoms with E-state index in [9.17, 15) is 0 Å². The van der Waals surface area contributed by atoms with Crippen LogP contribution in [0.1, 0.15) is 24.0 Å². The first-order valence-corrected chi connectivity index (χ1v) is 6.33. The molecule has 1 aliphatic carbocycles. The molecule has 0 atom stereocenters. The summed E-state index contributed by atoms with van der Waals surface area (Å²) in [6.07, 6.45) is 2.71. The van der Waals surface area contributed by atoms with Crippen LogP contribution < -0.4 is 10.6 Å². The minimum absolute atomic E-state index is 0.801. The Hall–Kier alpha value is -0.570. The lowest BCUT2D eigenvalue weighted by Gasteiger charge is -2.09. The minimum Gasteiger partial charge on any atom is -0.313 e. The highest BCUT2D eigenvalue weighted by atomic mass is 35.5. The third-order valence-electron chi connectivity index (χ3n) is 3.01. The van der Waals surface area contributed by atoms with Gasteiger partial charge in [0.1, 0.15) is 0 Å². The fourth-order valence-electron chi connectivity index (χ4n) is 1.72. The monoisotopic (exact) mass is 238 g/mol. The molecule has 0 radical (unpaired) electrons. The van der Waals surface area contributed by atoms with Crippen molar-refractivity contribution in [1.29, 1.82) is 0 Å². The molecule has 0 unspecified atom stereocenters. The SMILES string of the molecule is Cc1c(Cl)cccc1CNCCNC1CC1. The molecule has 0 heterocycles. The summed E-state index contributed by atoms with van der Waals surface area (Å²) >= 11 is 6.06. The van der Waals surface area contributed by atoms with Crippen LogP contribution in [0.5, 0.6) is 0 Å². The van der Waals surface area contributed by atoms with Crippen molar-refractivity contribution in [2.24, 2.45) is 0 Å². The second-order valence-corrected chi connectivity index (χ2v) is 4.84. The third kappa shape index (κ3) is 3.48. The Morgan fingerprint density at radius 3 is 2.88 bits per heavy atom. The summed E-state index contributed by atoms with van der Waals surface area (Å²) < 4.78 is 0. The van der Waals surface area contributed by atoms with Crippen LogP contribution in [-0.4, -0.2) is 19.1 Å². The first kappa shape index (κ1) is 11.9. The number of nitrogens with one attached hydrogen (secondary N) is 2. The normalized spacial score (nSPS) is 15.4. The van der Waals surface area contributed by atoms with Crippen LogP contribution in [0, 0.1) is 6.92 Å². The Labute approximate surface area is 102 Å². The number of benzene rings is 1. The molecule has 16 heavy (non-hydrogen) atoms. The molecule has 0 aliphatic heterocycles. The van der Waals surface area contributed by atoms with E-state index in [1.54, 1.807) is 0 Å². The van der Waals surface area contributed by atoms with E-state index in [1.165, 1.54) is 24.0 Å². The van der Waals surface area contributed by atoms with E-state index in [2.05, 4.69) is 23.6 Å². The van der Waals surface area contributed by atoms with E-state index in [0.717, 1.165) is 30.7 Å². The highest BCUT2D eigenvalue weighted by molar-refractivity contribution is 6.31. The van der Waals surface area contributed by atoms with E-state index in [0.29, 0.717) is 0 Å². The second-order valence-electron chi connectivity index (χ2n) is 4.43. The zero-order valence-corrected chi connectivity index (χ0v) is 10.5. The lowest BCUT2D eigenvalue weighted by atomic mass is 10.1. The summed E-state index contributed by atoms with van der Waals surface area (Å²) in [6.45, 7) is 5.05. The van der Waals surface area contributed by atoms with Crippen molar-refractivity contribution in [1.82, 2.24) is 10.6 Å². The third-order valence-corrected chi connectivity index (χ3v) is 3.42. The van der Waals surface area contributed by atoms with Gasteiger partial charge >= 0.3 is 0 Å². The van der Waals surface area contributed by atoms with Gasteiger partial charge in [-0.1, -0.05) is 23.7 Å². The summed E-state index contributed by atoms with van der Waals surface area (Å²) in [7, 11) is 0. The smallest absolute Gasteiger partial charge is 0.0438 e. The summed E-state index contributed by atoms with van der Waals surface area (Å²) in [5.74, 6) is 0. The maximum absolute atomic E-state index is 6.06. The molecule has 0 bridgehead atoms. The van der Waals surface area contributed by atoms with Crippen molar-refractivity contribution in [3.05, 3.63) is 34.3 Å². The standard InChI is InChI=1S/C13H19ClN2/c1-10-11(3-2-4-13(10)14)9-15-7-8-16-12-5-6-12/h2-4,12,15-16H,5-9H2,1H3. The van der Waals surface area contributed by atoms with Crippen LogP contribution >= 0.6 is 11.6 Å². The van der Waals surface area contributed by atoms with E-state index in [1.807, 2.05) is 12.1 Å². The molecular formula is C13H19ClN2. The first-order valence-electron chi connectivity index (χ1n) is 5.95. The molecule has 2 N–H and O–H groups in total. The highest BCUT2D eigenvalue weighted by Crippen LogP contribution is 2.19. The summed E-state index contributed by atoms with van der Waals surface area (Å²) in [4.78, 5) is 0. The molecule has 2 rings (SSSR count). The molecule has 1 aromatic carbocycles. The van der Waals surface area contributed by atoms with Crippen LogP contribution in [-0.2, 0) is 6.54 Å². The number of hydrogen-bond donors (Lipinski definition) is 2. The van der Waals surface area contributed by atoms with Crippen molar-refractivity contribution in [2.75, 3.05) is 13.1 Å². The van der Waals surface area contributed by atoms with Gasteiger partial charge in [-0.25, -0.2) is 0 Å². The number of hydrogen-bond acceptors (Lipinski definition) is 2. The zero-order chi connectivity index (χ0) is 11.4. The fraction of sp³-hybridized carbons (Fsp3) is 0.538. The molecule has 2 nitrogen and oxygen atoms in total. The van der Waals surface area contributed by atoms with E-state index >= 15 is 0 Å². The van der Waals surface area contributed by atoms with Crippen LogP contribution in [0.25, 0.3) is 0 Å². The van der Waals surface area contributed by atoms with Gasteiger partial charge in [-0.15, -0.1) is 0 Å². The molecule has 0 spiro atoms. The van der Waals surface area contributed by atoms with Crippen LogP contribution in [0.4, 0.5) is 0 Å². The van der Waals surface area contributed by atoms with E-state index < -0.39 is 0 Å². The molecule has 0 saturated heterocycles. The van der Waals surface area contributed by atoms with Gasteiger partial charge in [-0.3, -0.25) is 0 Å². The molecular weight excluding hydrogens is 220 g/mol. The largest absolute Gasteiger partial charge is 0.313 e. The number of halogens is 1. The average molecular weight is 239 g/mol. The zero-order valence-electron chi connectivity index (χ0n) is 9.72. The molecule has 1 aromatic rings. The van der Waals surface area contributed by atoms with Crippen molar-refractivity contribution in [3.63, 3.8) is 0 Å². The summed E-state index contributed by atoms with van der Waals surface area (Å²) in [6, 6.07) is 6.88. The van der Waals surface area contributed by atoms with Crippen molar-refractivity contribution < 1.29 is 0 Å². The van der Waals surface area contributed by atoms with Crippen LogP contribution in [0.15, 0.2) is 18.2 Å². The van der Waals surface area contributed by atoms with Crippen molar-refractivity contribution in [3.8, 4) is 0 Å². The van der Waals surface area contributed by atoms with Gasteiger partial charge in [0.25, 0.3) is 0 Å². The van der Waals surface area contributed by atoms with Gasteiger partial charge in [-0.05, 0) is 37.0 Å². The summed E-state index contributed by atoms with van der Waals surface area (Å²) in [5, 5.41) is 7.77. The van der Waals surface area contributed by atoms with E-state index in [4.69, 9.17) is 11.6 Å². The quantitative estimate of drug-likeness (QED) is 0.745. The molecule has 1 fully saturated rings. The highest BCUT2D eigenvalue weighted by Gasteiger charge is 2.19. The molecule has 88 valence electrons. The average Bonchev–Trinajstić information content (AvgIpc) is 3.07. The Balaban J connectivity index is 1.69. The van der Waals surface area contributed by atoms with Crippen molar-refractivity contribution >= 4 is 11.6 Å². The summed E-state index contributed by atoms with van der Waals surface area (Å²) in [5.41, 5.74) is 2.48. The second kappa shape index (κ2) is 5.67. The molecule has 0 aromatic heterocycles. The van der Waals surface area contributed by atoms with Gasteiger partial charge in [-0.2, -0.15) is 0 Å². The van der Waals surface area contributed by atoms with E-state index in [-0.39, 0.29) is 0 Å². The number of rotatable bonds is 6. The Kier molecular flexibility index (Phi) is 4.22. The Bertz CT molecular complexity index is 348. The van der Waals surface area contributed by atoms with Crippen LogP contribution in [0.2, 0.25) is 5.02 Å². The topological polar surface area (TPSA) is 24.1 Å². The Morgan fingerprint density at radius 2 is 2.12 bits per heavy atom. The van der Waals surface area contributed by atoms with Gasteiger partial charge in [0.05, 0.1) is 0 Å². The predicted molar refractivity (Wildman–Crippen MR) is 68.9 cm³/mol. The lowest BCUT2D eigenvalue weighted by molar-refractivity contribution is 0.608. The predicted octanol–water partition coefficient (Wildman–Crippen LogP) is 2.49. The van der Waals surface area contributed by atoms with Crippen molar-refractivity contribution in [2.45, 2.75) is 32.4 Å². The maximum Gasteiger partial charge on any atom is 0.0438 e. The molecule has 3 heteroatoms. The lowest BCUT2D eigenvalue weighted by Crippen LogP contribution is -2.28. The van der Waals surface area contributed by atoms with Gasteiger partial charge in [0.2, 0.25) is 0 Å². The van der Waals surface area contributed by atoms with Gasteiger partial charge < -0.3 is 10.6 Å². The maximum atomic E-state index is 6.06. The molecule has 1 aliphatic rings. The van der Waals surface area contributed by atoms with Gasteiger partial charge in [0.15, 0.2) is 0 Å². The Morgan fingerprint density at radius 1 is 1.31 bits per heavy atom. The first-order chi connectivity index (χ1) is 7.77. The van der Waals surface area contributed by atoms with Crippen LogP contribution in [0.3, 0.4) is 0 Å². The molecule has 0 amide bonds. The molecule has 1 saturated carbocycles. The fourth-order valence-corrected chi connectivity index (χ4v) is 1.91. The minimum atomic E-state index is 0.801. The van der Waals surface area contributed by atoms with Gasteiger partial charge in [0, 0.05) is 30.7 Å².